The highest BCUT2D eigenvalue weighted by atomic mass is 79.9. The van der Waals surface area contributed by atoms with Crippen LogP contribution in [-0.2, 0) is 14.3 Å². The Kier molecular flexibility index (Phi) is 7.41. The molecule has 0 saturated carbocycles. The van der Waals surface area contributed by atoms with Crippen LogP contribution in [0, 0.1) is 0 Å². The quantitative estimate of drug-likeness (QED) is 0.452. The number of carbonyl (C=O) groups excluding carboxylic acids is 2. The number of nitrogens with one attached hydrogen (secondary N) is 1. The lowest BCUT2D eigenvalue weighted by Crippen LogP contribution is -2.19. The molecule has 1 N–H and O–H groups in total. The Hall–Kier alpha value is -2.49. The van der Waals surface area contributed by atoms with Crippen molar-refractivity contribution in [1.29, 1.82) is 0 Å². The smallest absolute Gasteiger partial charge is 0.343 e. The molecule has 30 heavy (non-hydrogen) atoms. The second-order valence-electron chi connectivity index (χ2n) is 5.86. The van der Waals surface area contributed by atoms with E-state index in [9.17, 15) is 9.59 Å². The van der Waals surface area contributed by atoms with Gasteiger partial charge in [0.05, 0.1) is 34.3 Å². The lowest BCUT2D eigenvalue weighted by molar-refractivity contribution is -0.142. The van der Waals surface area contributed by atoms with Crippen molar-refractivity contribution in [2.45, 2.75) is 0 Å². The molecule has 1 aliphatic rings. The fraction of sp³-hybridized carbons (Fsp3) is 0.150. The van der Waals surface area contributed by atoms with E-state index in [1.807, 2.05) is 0 Å². The third-order valence-corrected chi connectivity index (χ3v) is 5.61. The van der Waals surface area contributed by atoms with Gasteiger partial charge in [-0.25, -0.2) is 9.79 Å². The van der Waals surface area contributed by atoms with Crippen LogP contribution in [0.1, 0.15) is 5.56 Å². The van der Waals surface area contributed by atoms with Gasteiger partial charge in [0, 0.05) is 0 Å². The average Bonchev–Trinajstić information content (AvgIpc) is 3.06. The summed E-state index contributed by atoms with van der Waals surface area (Å²) in [6.07, 6.45) is 1.69. The van der Waals surface area contributed by atoms with Gasteiger partial charge < -0.3 is 19.5 Å². The number of thioether (sulfide) groups is 1. The van der Waals surface area contributed by atoms with E-state index < -0.39 is 5.97 Å². The van der Waals surface area contributed by atoms with Crippen LogP contribution in [0.4, 0.5) is 5.69 Å². The van der Waals surface area contributed by atoms with Crippen LogP contribution >= 0.6 is 39.3 Å². The van der Waals surface area contributed by atoms with Gasteiger partial charge in [-0.05, 0) is 75.7 Å². The van der Waals surface area contributed by atoms with E-state index in [2.05, 4.69) is 31.0 Å². The number of hydrogen-bond donors (Lipinski definition) is 1. The number of ether oxygens (including phenoxy) is 3. The molecule has 0 radical (unpaired) electrons. The van der Waals surface area contributed by atoms with Crippen LogP contribution in [0.25, 0.3) is 6.08 Å². The third kappa shape index (κ3) is 5.56. The summed E-state index contributed by atoms with van der Waals surface area (Å²) in [5, 5.41) is 3.49. The Morgan fingerprint density at radius 2 is 2.00 bits per heavy atom. The Bertz CT molecular complexity index is 1020. The van der Waals surface area contributed by atoms with Gasteiger partial charge in [0.15, 0.2) is 17.5 Å². The van der Waals surface area contributed by atoms with Crippen LogP contribution < -0.4 is 14.8 Å². The third-order valence-electron chi connectivity index (χ3n) is 3.83. The van der Waals surface area contributed by atoms with Crippen LogP contribution in [0.15, 0.2) is 50.8 Å². The summed E-state index contributed by atoms with van der Waals surface area (Å²) < 4.78 is 15.6. The topological polar surface area (TPSA) is 86.2 Å². The lowest BCUT2D eigenvalue weighted by atomic mass is 10.2. The molecule has 1 heterocycles. The maximum atomic E-state index is 12.3. The van der Waals surface area contributed by atoms with Crippen molar-refractivity contribution in [2.24, 2.45) is 4.99 Å². The maximum absolute atomic E-state index is 12.3. The molecule has 1 aliphatic heterocycles. The lowest BCUT2D eigenvalue weighted by Gasteiger charge is -2.10. The number of benzene rings is 2. The maximum Gasteiger partial charge on any atom is 0.343 e. The zero-order valence-corrected chi connectivity index (χ0v) is 19.1. The molecular formula is C20H16BrClN2O5S. The molecule has 0 atom stereocenters. The number of hydrogen-bond acceptors (Lipinski definition) is 7. The van der Waals surface area contributed by atoms with E-state index in [0.717, 1.165) is 5.75 Å². The van der Waals surface area contributed by atoms with E-state index >= 15 is 0 Å². The van der Waals surface area contributed by atoms with Crippen molar-refractivity contribution in [3.05, 3.63) is 56.4 Å². The van der Waals surface area contributed by atoms with Gasteiger partial charge in [0.2, 0.25) is 0 Å². The Morgan fingerprint density at radius 1 is 1.27 bits per heavy atom. The first-order chi connectivity index (χ1) is 14.4. The number of amides is 1. The molecule has 1 saturated heterocycles. The second-order valence-corrected chi connectivity index (χ2v) is 8.15. The van der Waals surface area contributed by atoms with E-state index in [1.54, 1.807) is 49.6 Å². The number of amidine groups is 1. The van der Waals surface area contributed by atoms with Crippen molar-refractivity contribution in [2.75, 3.05) is 20.8 Å². The number of carbonyl (C=O) groups is 2. The number of esters is 1. The normalized spacial score (nSPS) is 15.9. The fourth-order valence-electron chi connectivity index (χ4n) is 2.40. The molecule has 0 unspecified atom stereocenters. The Balaban J connectivity index is 1.77. The molecule has 7 nitrogen and oxygen atoms in total. The summed E-state index contributed by atoms with van der Waals surface area (Å²) in [7, 11) is 2.86. The van der Waals surface area contributed by atoms with E-state index in [-0.39, 0.29) is 17.5 Å². The van der Waals surface area contributed by atoms with Gasteiger partial charge >= 0.3 is 5.97 Å². The van der Waals surface area contributed by atoms with Gasteiger partial charge in [-0.3, -0.25) is 4.79 Å². The number of rotatable bonds is 6. The molecule has 10 heteroatoms. The first-order valence-electron chi connectivity index (χ1n) is 8.52. The van der Waals surface area contributed by atoms with Crippen LogP contribution in [0.5, 0.6) is 11.5 Å². The Morgan fingerprint density at radius 3 is 2.63 bits per heavy atom. The van der Waals surface area contributed by atoms with Crippen molar-refractivity contribution < 1.29 is 23.8 Å². The Labute approximate surface area is 190 Å². The summed E-state index contributed by atoms with van der Waals surface area (Å²) in [6.45, 7) is -0.265. The van der Waals surface area contributed by atoms with Gasteiger partial charge in [0.25, 0.3) is 5.91 Å². The monoisotopic (exact) mass is 510 g/mol. The van der Waals surface area contributed by atoms with Gasteiger partial charge in [-0.15, -0.1) is 0 Å². The number of aliphatic imine (C=N–C) groups is 1. The summed E-state index contributed by atoms with van der Waals surface area (Å²) in [4.78, 5) is 28.5. The minimum Gasteiger partial charge on any atom is -0.497 e. The zero-order valence-electron chi connectivity index (χ0n) is 15.9. The molecule has 0 aromatic heterocycles. The molecular weight excluding hydrogens is 496 g/mol. The van der Waals surface area contributed by atoms with Crippen LogP contribution in [0.3, 0.4) is 0 Å². The van der Waals surface area contributed by atoms with E-state index in [0.29, 0.717) is 31.5 Å². The number of halogens is 2. The average molecular weight is 512 g/mol. The van der Waals surface area contributed by atoms with Gasteiger partial charge in [-0.1, -0.05) is 11.6 Å². The molecule has 0 bridgehead atoms. The minimum absolute atomic E-state index is 0.259. The molecule has 3 rings (SSSR count). The van der Waals surface area contributed by atoms with Crippen molar-refractivity contribution >= 4 is 68.1 Å². The van der Waals surface area contributed by atoms with Crippen LogP contribution in [-0.4, -0.2) is 37.9 Å². The summed E-state index contributed by atoms with van der Waals surface area (Å²) >= 11 is 10.9. The minimum atomic E-state index is -0.521. The SMILES string of the molecule is COC(=O)COc1c(Cl)cc(/C=C2/SC(=Nc3ccc(OC)cc3)NC2=O)cc1Br. The van der Waals surface area contributed by atoms with E-state index in [1.165, 1.54) is 18.9 Å². The van der Waals surface area contributed by atoms with Crippen molar-refractivity contribution in [1.82, 2.24) is 5.32 Å². The van der Waals surface area contributed by atoms with Crippen LogP contribution in [0.2, 0.25) is 5.02 Å². The molecule has 156 valence electrons. The fourth-order valence-corrected chi connectivity index (χ4v) is 4.23. The summed E-state index contributed by atoms with van der Waals surface area (Å²) in [5.74, 6) is 0.260. The second kappa shape index (κ2) is 10.0. The molecule has 0 aliphatic carbocycles. The van der Waals surface area contributed by atoms with Crippen molar-refractivity contribution in [3.63, 3.8) is 0 Å². The first kappa shape index (κ1) is 22.2. The predicted molar refractivity (Wildman–Crippen MR) is 120 cm³/mol. The number of methoxy groups -OCH3 is 2. The van der Waals surface area contributed by atoms with Gasteiger partial charge in [0.1, 0.15) is 5.75 Å². The van der Waals surface area contributed by atoms with Crippen molar-refractivity contribution in [3.8, 4) is 11.5 Å². The molecule has 0 spiro atoms. The highest BCUT2D eigenvalue weighted by Gasteiger charge is 2.24. The predicted octanol–water partition coefficient (Wildman–Crippen LogP) is 4.55. The number of nitrogens with zero attached hydrogens (tertiary/aromatic N) is 1. The molecule has 1 fully saturated rings. The van der Waals surface area contributed by atoms with Gasteiger partial charge in [-0.2, -0.15) is 0 Å². The molecule has 2 aromatic carbocycles. The molecule has 2 aromatic rings. The summed E-state index contributed by atoms with van der Waals surface area (Å²) in [6, 6.07) is 10.5. The van der Waals surface area contributed by atoms with E-state index in [4.69, 9.17) is 21.1 Å². The first-order valence-corrected chi connectivity index (χ1v) is 10.5. The zero-order chi connectivity index (χ0) is 21.7. The highest BCUT2D eigenvalue weighted by molar-refractivity contribution is 9.10. The molecule has 1 amide bonds. The largest absolute Gasteiger partial charge is 0.497 e. The standard InChI is InChI=1S/C20H16BrClN2O5S/c1-27-13-5-3-12(4-6-13)23-20-24-19(26)16(30-20)9-11-7-14(21)18(15(22)8-11)29-10-17(25)28-2/h3-9H,10H2,1-2H3,(H,23,24,26)/b16-9+. The summed E-state index contributed by atoms with van der Waals surface area (Å²) in [5.41, 5.74) is 1.37. The highest BCUT2D eigenvalue weighted by Crippen LogP contribution is 2.36.